The zero-order valence-corrected chi connectivity index (χ0v) is 5.74. The molecule has 0 heterocycles. The number of thiol groups is 1. The summed E-state index contributed by atoms with van der Waals surface area (Å²) >= 11 is 0. The van der Waals surface area contributed by atoms with E-state index in [2.05, 4.69) is 5.43 Å². The van der Waals surface area contributed by atoms with Gasteiger partial charge in [-0.15, -0.1) is 0 Å². The Bertz CT molecular complexity index is 112. The summed E-state index contributed by atoms with van der Waals surface area (Å²) in [5.41, 5.74) is 2.50. The zero-order chi connectivity index (χ0) is 6.57. The molecule has 0 radical (unpaired) electrons. The van der Waals surface area contributed by atoms with Crippen LogP contribution in [0.3, 0.4) is 0 Å². The van der Waals surface area contributed by atoms with Crippen LogP contribution >= 0.6 is 0 Å². The third-order valence-electron chi connectivity index (χ3n) is 0.445. The smallest absolute Gasteiger partial charge is 0.214 e. The maximum Gasteiger partial charge on any atom is 0.214 e. The van der Waals surface area contributed by atoms with Crippen LogP contribution < -0.4 is 10.3 Å². The van der Waals surface area contributed by atoms with Gasteiger partial charge in [0, 0.05) is 6.04 Å². The molecular weight excluding hydrogens is 128 g/mol. The molecule has 0 atom stereocenters. The molecule has 0 rings (SSSR count). The van der Waals surface area contributed by atoms with Gasteiger partial charge in [-0.1, -0.05) is 0 Å². The van der Waals surface area contributed by atoms with Crippen molar-refractivity contribution in [2.24, 2.45) is 0 Å². The molecule has 0 aliphatic heterocycles. The molecule has 0 unspecified atom stereocenters. The van der Waals surface area contributed by atoms with Crippen LogP contribution in [0.5, 0.6) is 0 Å². The minimum absolute atomic E-state index is 0.142. The van der Waals surface area contributed by atoms with Gasteiger partial charge in [0.1, 0.15) is 0 Å². The summed E-state index contributed by atoms with van der Waals surface area (Å²) in [5.74, 6) is 0. The van der Waals surface area contributed by atoms with Gasteiger partial charge in [-0.05, 0) is 13.8 Å². The number of rotatable bonds is 3. The summed E-state index contributed by atoms with van der Waals surface area (Å²) < 4.78 is 19.5. The first-order valence-corrected chi connectivity index (χ1v) is 3.46. The van der Waals surface area contributed by atoms with Gasteiger partial charge >= 0.3 is 0 Å². The Hall–Kier alpha value is -0.130. The van der Waals surface area contributed by atoms with Crippen LogP contribution in [0.25, 0.3) is 0 Å². The summed E-state index contributed by atoms with van der Waals surface area (Å²) in [7, 11) is -2.49. The lowest BCUT2D eigenvalue weighted by molar-refractivity contribution is 0.536. The first kappa shape index (κ1) is 7.87. The van der Waals surface area contributed by atoms with Crippen LogP contribution in [-0.4, -0.2) is 14.5 Å². The molecule has 0 amide bonds. The fourth-order valence-corrected chi connectivity index (χ4v) is 0.545. The molecule has 0 saturated heterocycles. The fraction of sp³-hybridized carbons (Fsp3) is 1.00. The second kappa shape index (κ2) is 3.82. The maximum absolute atomic E-state index is 9.77. The Morgan fingerprint density at radius 3 is 2.00 bits per heavy atom. The highest BCUT2D eigenvalue weighted by Crippen LogP contribution is 1.68. The summed E-state index contributed by atoms with van der Waals surface area (Å²) in [6.07, 6.45) is 0. The molecule has 0 aliphatic carbocycles. The van der Waals surface area contributed by atoms with Crippen LogP contribution in [0, 0.1) is 0 Å². The van der Waals surface area contributed by atoms with E-state index in [9.17, 15) is 8.42 Å². The van der Waals surface area contributed by atoms with Crippen molar-refractivity contribution in [3.8, 4) is 0 Å². The van der Waals surface area contributed by atoms with Gasteiger partial charge in [0.05, 0.1) is 0 Å². The zero-order valence-electron chi connectivity index (χ0n) is 4.84. The van der Waals surface area contributed by atoms with E-state index in [4.69, 9.17) is 0 Å². The van der Waals surface area contributed by atoms with E-state index in [0.717, 1.165) is 0 Å². The van der Waals surface area contributed by atoms with Gasteiger partial charge in [-0.2, -0.15) is 4.83 Å². The lowest BCUT2D eigenvalue weighted by atomic mass is 10.4. The lowest BCUT2D eigenvalue weighted by Crippen LogP contribution is -2.35. The fourth-order valence-electron chi connectivity index (χ4n) is 0.182. The van der Waals surface area contributed by atoms with E-state index in [1.54, 1.807) is 0 Å². The topological polar surface area (TPSA) is 58.2 Å². The molecule has 0 aromatic heterocycles. The lowest BCUT2D eigenvalue weighted by Gasteiger charge is -2.02. The first-order valence-electron chi connectivity index (χ1n) is 2.28. The van der Waals surface area contributed by atoms with Gasteiger partial charge < -0.3 is 0 Å². The van der Waals surface area contributed by atoms with Crippen molar-refractivity contribution in [1.29, 1.82) is 0 Å². The molecule has 0 aromatic carbocycles. The minimum atomic E-state index is -2.49. The molecule has 0 aliphatic rings. The van der Waals surface area contributed by atoms with E-state index in [1.807, 2.05) is 18.7 Å². The number of hydrogen-bond acceptors (Lipinski definition) is 3. The van der Waals surface area contributed by atoms with Crippen molar-refractivity contribution >= 4 is 10.9 Å². The summed E-state index contributed by atoms with van der Waals surface area (Å²) in [6.45, 7) is 3.68. The van der Waals surface area contributed by atoms with Gasteiger partial charge in [-0.25, -0.2) is 13.8 Å². The van der Waals surface area contributed by atoms with E-state index >= 15 is 0 Å². The largest absolute Gasteiger partial charge is 0.242 e. The van der Waals surface area contributed by atoms with Crippen LogP contribution in [-0.2, 0) is 10.9 Å². The monoisotopic (exact) mass is 138 g/mol. The first-order chi connectivity index (χ1) is 3.63. The van der Waals surface area contributed by atoms with Crippen molar-refractivity contribution < 1.29 is 8.42 Å². The van der Waals surface area contributed by atoms with E-state index in [1.165, 1.54) is 0 Å². The predicted molar refractivity (Wildman–Crippen MR) is 31.7 cm³/mol. The normalized spacial score (nSPS) is 11.0. The van der Waals surface area contributed by atoms with Crippen molar-refractivity contribution in [3.05, 3.63) is 0 Å². The van der Waals surface area contributed by atoms with Crippen molar-refractivity contribution in [1.82, 2.24) is 10.3 Å². The predicted octanol–water partition coefficient (Wildman–Crippen LogP) is -0.985. The molecular formula is C3H10N2O2S. The molecule has 0 spiro atoms. The molecule has 0 fully saturated rings. The average Bonchev–Trinajstić information content (AvgIpc) is 1.61. The van der Waals surface area contributed by atoms with Crippen molar-refractivity contribution in [3.63, 3.8) is 0 Å². The molecule has 0 aromatic rings. The van der Waals surface area contributed by atoms with Crippen LogP contribution in [0.4, 0.5) is 0 Å². The van der Waals surface area contributed by atoms with Crippen LogP contribution in [0.15, 0.2) is 0 Å². The molecule has 50 valence electrons. The molecule has 5 heteroatoms. The number of hydrazine groups is 1. The SMILES string of the molecule is CC(C)NN[SH](=O)=O. The summed E-state index contributed by atoms with van der Waals surface area (Å²) in [4.78, 5) is 2.05. The highest BCUT2D eigenvalue weighted by Gasteiger charge is 1.87. The highest BCUT2D eigenvalue weighted by atomic mass is 32.2. The third-order valence-corrected chi connectivity index (χ3v) is 0.756. The average molecular weight is 138 g/mol. The van der Waals surface area contributed by atoms with E-state index in [0.29, 0.717) is 0 Å². The quantitative estimate of drug-likeness (QED) is 0.347. The molecule has 2 N–H and O–H groups in total. The Morgan fingerprint density at radius 1 is 1.38 bits per heavy atom. The maximum atomic E-state index is 9.77. The summed E-state index contributed by atoms with van der Waals surface area (Å²) in [5, 5.41) is 0. The second-order valence-electron chi connectivity index (χ2n) is 1.67. The van der Waals surface area contributed by atoms with Gasteiger partial charge in [-0.3, -0.25) is 0 Å². The van der Waals surface area contributed by atoms with Gasteiger partial charge in [0.25, 0.3) is 0 Å². The second-order valence-corrected chi connectivity index (χ2v) is 2.41. The standard InChI is InChI=1S/C3H10N2O2S/c1-3(2)4-5-8(6)7/h3-4,8H,1-2H3,(H,5,6,7). The third kappa shape index (κ3) is 5.87. The Kier molecular flexibility index (Phi) is 3.76. The number of hydrogen-bond donors (Lipinski definition) is 3. The van der Waals surface area contributed by atoms with E-state index < -0.39 is 10.9 Å². The Morgan fingerprint density at radius 2 is 1.88 bits per heavy atom. The Labute approximate surface area is 50.3 Å². The van der Waals surface area contributed by atoms with Gasteiger partial charge in [0.15, 0.2) is 0 Å². The molecule has 8 heavy (non-hydrogen) atoms. The Balaban J connectivity index is 3.18. The summed E-state index contributed by atoms with van der Waals surface area (Å²) in [6, 6.07) is 0.142. The molecule has 0 saturated carbocycles. The number of nitrogens with one attached hydrogen (secondary N) is 2. The highest BCUT2D eigenvalue weighted by molar-refractivity contribution is 7.70. The van der Waals surface area contributed by atoms with E-state index in [-0.39, 0.29) is 6.04 Å². The van der Waals surface area contributed by atoms with Crippen LogP contribution in [0.2, 0.25) is 0 Å². The van der Waals surface area contributed by atoms with Crippen molar-refractivity contribution in [2.45, 2.75) is 19.9 Å². The van der Waals surface area contributed by atoms with Crippen molar-refractivity contribution in [2.75, 3.05) is 0 Å². The molecule has 0 bridgehead atoms. The van der Waals surface area contributed by atoms with Crippen LogP contribution in [0.1, 0.15) is 13.8 Å². The molecule has 4 nitrogen and oxygen atoms in total. The minimum Gasteiger partial charge on any atom is -0.242 e. The van der Waals surface area contributed by atoms with Gasteiger partial charge in [0.2, 0.25) is 10.9 Å².